The molecule has 1 N–H and O–H groups in total. The number of nitrogens with zero attached hydrogens (tertiary/aromatic N) is 2. The molecule has 0 aromatic carbocycles. The van der Waals surface area contributed by atoms with E-state index in [2.05, 4.69) is 22.4 Å². The fourth-order valence-corrected chi connectivity index (χ4v) is 1.36. The molecular weight excluding hydrogens is 206 g/mol. The summed E-state index contributed by atoms with van der Waals surface area (Å²) in [5.41, 5.74) is 0. The summed E-state index contributed by atoms with van der Waals surface area (Å²) in [5.74, 6) is 1.36. The van der Waals surface area contributed by atoms with Gasteiger partial charge in [0.25, 0.3) is 0 Å². The second-order valence-corrected chi connectivity index (χ2v) is 3.81. The fourth-order valence-electron chi connectivity index (χ4n) is 1.36. The van der Waals surface area contributed by atoms with E-state index in [-0.39, 0.29) is 6.04 Å². The molecule has 0 fully saturated rings. The van der Waals surface area contributed by atoms with Crippen molar-refractivity contribution in [3.63, 3.8) is 0 Å². The Morgan fingerprint density at radius 3 is 2.94 bits per heavy atom. The normalized spacial score (nSPS) is 12.9. The number of methoxy groups -OCH3 is 1. The van der Waals surface area contributed by atoms with E-state index in [1.165, 1.54) is 0 Å². The molecule has 0 saturated carbocycles. The molecule has 0 bridgehead atoms. The van der Waals surface area contributed by atoms with Crippen LogP contribution in [0.3, 0.4) is 0 Å². The summed E-state index contributed by atoms with van der Waals surface area (Å²) in [7, 11) is 1.69. The maximum absolute atomic E-state index is 5.55. The summed E-state index contributed by atoms with van der Waals surface area (Å²) >= 11 is 0. The number of ether oxygens (including phenoxy) is 1. The Hall–Kier alpha value is -0.940. The summed E-state index contributed by atoms with van der Waals surface area (Å²) < 4.78 is 10.5. The molecule has 5 nitrogen and oxygen atoms in total. The highest BCUT2D eigenvalue weighted by molar-refractivity contribution is 4.88. The maximum Gasteiger partial charge on any atom is 0.233 e. The van der Waals surface area contributed by atoms with Crippen LogP contribution in [0.4, 0.5) is 0 Å². The molecule has 0 aliphatic carbocycles. The van der Waals surface area contributed by atoms with Gasteiger partial charge in [-0.15, -0.1) is 10.2 Å². The van der Waals surface area contributed by atoms with Crippen molar-refractivity contribution >= 4 is 0 Å². The first kappa shape index (κ1) is 13.1. The van der Waals surface area contributed by atoms with Crippen LogP contribution in [0.15, 0.2) is 4.42 Å². The van der Waals surface area contributed by atoms with Gasteiger partial charge in [-0.05, 0) is 26.3 Å². The van der Waals surface area contributed by atoms with Crippen molar-refractivity contribution in [3.8, 4) is 0 Å². The lowest BCUT2D eigenvalue weighted by Gasteiger charge is -2.07. The Balaban J connectivity index is 2.37. The Morgan fingerprint density at radius 1 is 1.44 bits per heavy atom. The van der Waals surface area contributed by atoms with Crippen molar-refractivity contribution in [2.24, 2.45) is 0 Å². The van der Waals surface area contributed by atoms with Gasteiger partial charge in [-0.2, -0.15) is 0 Å². The lowest BCUT2D eigenvalue weighted by Crippen LogP contribution is -2.19. The number of aromatic nitrogens is 2. The predicted octanol–water partition coefficient (Wildman–Crippen LogP) is 1.71. The van der Waals surface area contributed by atoms with E-state index in [0.717, 1.165) is 32.4 Å². The number of aryl methyl sites for hydroxylation is 1. The van der Waals surface area contributed by atoms with Crippen LogP contribution >= 0.6 is 0 Å². The van der Waals surface area contributed by atoms with Crippen molar-refractivity contribution in [3.05, 3.63) is 11.8 Å². The molecule has 1 aromatic rings. The third-order valence-corrected chi connectivity index (χ3v) is 2.29. The summed E-state index contributed by atoms with van der Waals surface area (Å²) in [5, 5.41) is 11.3. The van der Waals surface area contributed by atoms with Gasteiger partial charge in [0.2, 0.25) is 11.8 Å². The van der Waals surface area contributed by atoms with Crippen LogP contribution in [-0.4, -0.2) is 30.5 Å². The van der Waals surface area contributed by atoms with Gasteiger partial charge in [0.05, 0.1) is 6.04 Å². The highest BCUT2D eigenvalue weighted by Gasteiger charge is 2.12. The zero-order valence-corrected chi connectivity index (χ0v) is 10.3. The molecule has 1 aromatic heterocycles. The molecule has 1 rings (SSSR count). The summed E-state index contributed by atoms with van der Waals surface area (Å²) in [6.45, 7) is 5.84. The zero-order valence-electron chi connectivity index (χ0n) is 10.3. The Bertz CT molecular complexity index is 289. The molecule has 16 heavy (non-hydrogen) atoms. The highest BCUT2D eigenvalue weighted by atomic mass is 16.5. The van der Waals surface area contributed by atoms with Crippen LogP contribution in [0, 0.1) is 0 Å². The molecule has 0 aliphatic rings. The van der Waals surface area contributed by atoms with Gasteiger partial charge in [-0.25, -0.2) is 0 Å². The lowest BCUT2D eigenvalue weighted by molar-refractivity contribution is 0.192. The van der Waals surface area contributed by atoms with Crippen molar-refractivity contribution in [1.29, 1.82) is 0 Å². The van der Waals surface area contributed by atoms with Gasteiger partial charge < -0.3 is 14.5 Å². The lowest BCUT2D eigenvalue weighted by atomic mass is 10.3. The van der Waals surface area contributed by atoms with Crippen molar-refractivity contribution in [1.82, 2.24) is 15.5 Å². The second kappa shape index (κ2) is 7.35. The minimum Gasteiger partial charge on any atom is -0.424 e. The van der Waals surface area contributed by atoms with Crippen LogP contribution < -0.4 is 5.32 Å². The smallest absolute Gasteiger partial charge is 0.233 e. The van der Waals surface area contributed by atoms with Gasteiger partial charge in [0.15, 0.2) is 0 Å². The topological polar surface area (TPSA) is 60.2 Å². The first-order valence-electron chi connectivity index (χ1n) is 5.82. The van der Waals surface area contributed by atoms with Crippen LogP contribution in [0.2, 0.25) is 0 Å². The molecule has 1 atom stereocenters. The standard InChI is InChI=1S/C11H21N3O2/c1-4-7-12-9(2)11-14-13-10(16-11)6-5-8-15-3/h9,12H,4-8H2,1-3H3. The largest absolute Gasteiger partial charge is 0.424 e. The van der Waals surface area contributed by atoms with Crippen molar-refractivity contribution in [2.75, 3.05) is 20.3 Å². The van der Waals surface area contributed by atoms with Crippen LogP contribution in [0.5, 0.6) is 0 Å². The summed E-state index contributed by atoms with van der Waals surface area (Å²) in [6.07, 6.45) is 2.79. The minimum atomic E-state index is 0.128. The van der Waals surface area contributed by atoms with Crippen molar-refractivity contribution < 1.29 is 9.15 Å². The SMILES string of the molecule is CCCNC(C)c1nnc(CCCOC)o1. The van der Waals surface area contributed by atoms with Gasteiger partial charge in [0, 0.05) is 20.1 Å². The number of hydrogen-bond donors (Lipinski definition) is 1. The van der Waals surface area contributed by atoms with E-state index in [0.29, 0.717) is 11.8 Å². The quantitative estimate of drug-likeness (QED) is 0.685. The fraction of sp³-hybridized carbons (Fsp3) is 0.818. The van der Waals surface area contributed by atoms with Gasteiger partial charge in [-0.1, -0.05) is 6.92 Å². The molecular formula is C11H21N3O2. The van der Waals surface area contributed by atoms with Gasteiger partial charge in [0.1, 0.15) is 0 Å². The Kier molecular flexibility index (Phi) is 6.03. The molecule has 1 heterocycles. The third kappa shape index (κ3) is 4.28. The van der Waals surface area contributed by atoms with Crippen LogP contribution in [0.1, 0.15) is 44.5 Å². The minimum absolute atomic E-state index is 0.128. The molecule has 0 amide bonds. The molecule has 0 saturated heterocycles. The van der Waals surface area contributed by atoms with E-state index in [1.807, 2.05) is 6.92 Å². The molecule has 0 spiro atoms. The third-order valence-electron chi connectivity index (χ3n) is 2.29. The second-order valence-electron chi connectivity index (χ2n) is 3.81. The molecule has 92 valence electrons. The highest BCUT2D eigenvalue weighted by Crippen LogP contribution is 2.11. The van der Waals surface area contributed by atoms with E-state index in [9.17, 15) is 0 Å². The van der Waals surface area contributed by atoms with E-state index in [1.54, 1.807) is 7.11 Å². The number of nitrogens with one attached hydrogen (secondary N) is 1. The summed E-state index contributed by atoms with van der Waals surface area (Å²) in [4.78, 5) is 0. The van der Waals surface area contributed by atoms with Gasteiger partial charge in [-0.3, -0.25) is 0 Å². The molecule has 0 radical (unpaired) electrons. The van der Waals surface area contributed by atoms with E-state index in [4.69, 9.17) is 9.15 Å². The molecule has 0 aliphatic heterocycles. The van der Waals surface area contributed by atoms with E-state index >= 15 is 0 Å². The molecule has 1 unspecified atom stereocenters. The predicted molar refractivity (Wildman–Crippen MR) is 61.2 cm³/mol. The Labute approximate surface area is 96.6 Å². The number of hydrogen-bond acceptors (Lipinski definition) is 5. The average Bonchev–Trinajstić information content (AvgIpc) is 2.75. The summed E-state index contributed by atoms with van der Waals surface area (Å²) in [6, 6.07) is 0.128. The van der Waals surface area contributed by atoms with E-state index < -0.39 is 0 Å². The first-order chi connectivity index (χ1) is 7.77. The molecule has 5 heteroatoms. The Morgan fingerprint density at radius 2 is 2.25 bits per heavy atom. The van der Waals surface area contributed by atoms with Gasteiger partial charge >= 0.3 is 0 Å². The average molecular weight is 227 g/mol. The van der Waals surface area contributed by atoms with Crippen LogP contribution in [0.25, 0.3) is 0 Å². The monoisotopic (exact) mass is 227 g/mol. The first-order valence-corrected chi connectivity index (χ1v) is 5.82. The van der Waals surface area contributed by atoms with Crippen molar-refractivity contribution in [2.45, 2.75) is 39.2 Å². The number of rotatable bonds is 8. The van der Waals surface area contributed by atoms with Crippen LogP contribution in [-0.2, 0) is 11.2 Å². The zero-order chi connectivity index (χ0) is 11.8. The maximum atomic E-state index is 5.55.